The second-order valence-corrected chi connectivity index (χ2v) is 4.17. The van der Waals surface area contributed by atoms with Gasteiger partial charge in [-0.1, -0.05) is 0 Å². The summed E-state index contributed by atoms with van der Waals surface area (Å²) >= 11 is 0. The van der Waals surface area contributed by atoms with Gasteiger partial charge in [0.05, 0.1) is 6.54 Å². The van der Waals surface area contributed by atoms with Gasteiger partial charge in [-0.15, -0.1) is 0 Å². The zero-order chi connectivity index (χ0) is 11.5. The fourth-order valence-corrected chi connectivity index (χ4v) is 1.76. The first-order valence-electron chi connectivity index (χ1n) is 5.44. The van der Waals surface area contributed by atoms with Crippen molar-refractivity contribution in [1.29, 1.82) is 0 Å². The van der Waals surface area contributed by atoms with E-state index < -0.39 is 0 Å². The van der Waals surface area contributed by atoms with E-state index in [1.807, 2.05) is 30.0 Å². The normalized spacial score (nSPS) is 16.4. The topological polar surface area (TPSA) is 49.3 Å². The van der Waals surface area contributed by atoms with E-state index in [-0.39, 0.29) is 5.78 Å². The van der Waals surface area contributed by atoms with Crippen LogP contribution in [0.15, 0.2) is 12.3 Å². The van der Waals surface area contributed by atoms with Gasteiger partial charge in [-0.2, -0.15) is 4.98 Å². The number of nitrogens with zero attached hydrogens (tertiary/aromatic N) is 4. The average molecular weight is 220 g/mol. The second-order valence-electron chi connectivity index (χ2n) is 4.17. The van der Waals surface area contributed by atoms with Crippen molar-refractivity contribution in [2.24, 2.45) is 0 Å². The summed E-state index contributed by atoms with van der Waals surface area (Å²) in [6.07, 6.45) is 3.35. The number of rotatable bonds is 2. The lowest BCUT2D eigenvalue weighted by Gasteiger charge is -2.27. The van der Waals surface area contributed by atoms with Crippen LogP contribution in [0, 0.1) is 0 Å². The minimum Gasteiger partial charge on any atom is -0.349 e. The van der Waals surface area contributed by atoms with E-state index in [0.29, 0.717) is 18.9 Å². The summed E-state index contributed by atoms with van der Waals surface area (Å²) in [6, 6.07) is 1.85. The molecule has 5 nitrogen and oxygen atoms in total. The van der Waals surface area contributed by atoms with Gasteiger partial charge in [0.1, 0.15) is 5.82 Å². The molecular weight excluding hydrogens is 204 g/mol. The number of anilines is 2. The summed E-state index contributed by atoms with van der Waals surface area (Å²) in [5.41, 5.74) is 0. The molecule has 5 heteroatoms. The molecule has 0 radical (unpaired) electrons. The number of aromatic nitrogens is 2. The van der Waals surface area contributed by atoms with Gasteiger partial charge in [-0.25, -0.2) is 4.98 Å². The Morgan fingerprint density at radius 2 is 2.25 bits per heavy atom. The van der Waals surface area contributed by atoms with Gasteiger partial charge >= 0.3 is 0 Å². The molecular formula is C11H16N4O. The summed E-state index contributed by atoms with van der Waals surface area (Å²) in [5, 5.41) is 0. The maximum absolute atomic E-state index is 11.4. The molecule has 0 bridgehead atoms. The van der Waals surface area contributed by atoms with Crippen LogP contribution >= 0.6 is 0 Å². The Kier molecular flexibility index (Phi) is 3.03. The van der Waals surface area contributed by atoms with Crippen LogP contribution in [-0.4, -0.2) is 42.9 Å². The first-order chi connectivity index (χ1) is 7.66. The predicted octanol–water partition coefficient (Wildman–Crippen LogP) is 0.712. The van der Waals surface area contributed by atoms with E-state index in [1.165, 1.54) is 0 Å². The van der Waals surface area contributed by atoms with Gasteiger partial charge in [-0.3, -0.25) is 4.79 Å². The third kappa shape index (κ3) is 2.29. The van der Waals surface area contributed by atoms with Crippen molar-refractivity contribution in [2.75, 3.05) is 37.0 Å². The summed E-state index contributed by atoms with van der Waals surface area (Å²) < 4.78 is 0. The molecule has 86 valence electrons. The van der Waals surface area contributed by atoms with Gasteiger partial charge in [0.15, 0.2) is 5.78 Å². The summed E-state index contributed by atoms with van der Waals surface area (Å²) in [6.45, 7) is 1.37. The highest BCUT2D eigenvalue weighted by atomic mass is 16.1. The molecule has 1 aromatic heterocycles. The van der Waals surface area contributed by atoms with E-state index >= 15 is 0 Å². The smallest absolute Gasteiger partial charge is 0.226 e. The van der Waals surface area contributed by atoms with Crippen LogP contribution in [-0.2, 0) is 4.79 Å². The molecule has 2 rings (SSSR count). The molecule has 0 atom stereocenters. The number of carbonyl (C=O) groups excluding carboxylic acids is 1. The van der Waals surface area contributed by atoms with E-state index in [9.17, 15) is 4.79 Å². The molecule has 1 saturated heterocycles. The number of ketones is 1. The zero-order valence-electron chi connectivity index (χ0n) is 9.68. The highest BCUT2D eigenvalue weighted by molar-refractivity contribution is 5.84. The Labute approximate surface area is 95.1 Å². The molecule has 0 N–H and O–H groups in total. The van der Waals surface area contributed by atoms with E-state index in [4.69, 9.17) is 0 Å². The summed E-state index contributed by atoms with van der Waals surface area (Å²) in [7, 11) is 3.81. The highest BCUT2D eigenvalue weighted by Gasteiger charge is 2.18. The van der Waals surface area contributed by atoms with Gasteiger partial charge in [-0.05, 0) is 12.5 Å². The monoisotopic (exact) mass is 220 g/mol. The third-order valence-corrected chi connectivity index (χ3v) is 2.60. The molecule has 1 fully saturated rings. The van der Waals surface area contributed by atoms with E-state index in [1.54, 1.807) is 6.20 Å². The minimum atomic E-state index is 0.288. The molecule has 1 aliphatic heterocycles. The van der Waals surface area contributed by atoms with Gasteiger partial charge in [0.2, 0.25) is 5.95 Å². The van der Waals surface area contributed by atoms with Crippen molar-refractivity contribution in [3.63, 3.8) is 0 Å². The minimum absolute atomic E-state index is 0.288. The van der Waals surface area contributed by atoms with Crippen LogP contribution < -0.4 is 9.80 Å². The zero-order valence-corrected chi connectivity index (χ0v) is 9.68. The lowest BCUT2D eigenvalue weighted by Crippen LogP contribution is -2.36. The SMILES string of the molecule is CN(C)c1nccc(N2CCCC(=O)C2)n1. The predicted molar refractivity (Wildman–Crippen MR) is 62.8 cm³/mol. The molecule has 1 aromatic rings. The number of hydrogen-bond donors (Lipinski definition) is 0. The fourth-order valence-electron chi connectivity index (χ4n) is 1.76. The maximum Gasteiger partial charge on any atom is 0.226 e. The van der Waals surface area contributed by atoms with Crippen molar-refractivity contribution in [3.05, 3.63) is 12.3 Å². The van der Waals surface area contributed by atoms with Crippen LogP contribution in [0.4, 0.5) is 11.8 Å². The Balaban J connectivity index is 2.19. The van der Waals surface area contributed by atoms with Gasteiger partial charge < -0.3 is 9.80 Å². The number of Topliss-reactive ketones (excluding diaryl/α,β-unsaturated/α-hetero) is 1. The first-order valence-corrected chi connectivity index (χ1v) is 5.44. The van der Waals surface area contributed by atoms with Crippen LogP contribution in [0.5, 0.6) is 0 Å². The van der Waals surface area contributed by atoms with Crippen LogP contribution in [0.1, 0.15) is 12.8 Å². The highest BCUT2D eigenvalue weighted by Crippen LogP contribution is 2.17. The summed E-state index contributed by atoms with van der Waals surface area (Å²) in [4.78, 5) is 23.8. The largest absolute Gasteiger partial charge is 0.349 e. The molecule has 0 unspecified atom stereocenters. The molecule has 0 amide bonds. The fraction of sp³-hybridized carbons (Fsp3) is 0.545. The Morgan fingerprint density at radius 1 is 1.44 bits per heavy atom. The Morgan fingerprint density at radius 3 is 2.94 bits per heavy atom. The van der Waals surface area contributed by atoms with Gasteiger partial charge in [0, 0.05) is 33.3 Å². The van der Waals surface area contributed by atoms with E-state index in [0.717, 1.165) is 18.8 Å². The summed E-state index contributed by atoms with van der Waals surface area (Å²) in [5.74, 6) is 1.80. The molecule has 0 aliphatic carbocycles. The molecule has 16 heavy (non-hydrogen) atoms. The quantitative estimate of drug-likeness (QED) is 0.734. The van der Waals surface area contributed by atoms with Crippen LogP contribution in [0.25, 0.3) is 0 Å². The maximum atomic E-state index is 11.4. The standard InChI is InChI=1S/C11H16N4O/c1-14(2)11-12-6-5-10(13-11)15-7-3-4-9(16)8-15/h5-6H,3-4,7-8H2,1-2H3. The third-order valence-electron chi connectivity index (χ3n) is 2.60. The first kappa shape index (κ1) is 10.9. The molecule has 0 spiro atoms. The van der Waals surface area contributed by atoms with Crippen LogP contribution in [0.2, 0.25) is 0 Å². The molecule has 0 aromatic carbocycles. The number of hydrogen-bond acceptors (Lipinski definition) is 5. The Bertz CT molecular complexity index is 391. The lowest BCUT2D eigenvalue weighted by molar-refractivity contribution is -0.118. The molecule has 0 saturated carbocycles. The molecule has 2 heterocycles. The average Bonchev–Trinajstić information content (AvgIpc) is 2.29. The van der Waals surface area contributed by atoms with Crippen molar-refractivity contribution >= 4 is 17.5 Å². The Hall–Kier alpha value is -1.65. The lowest BCUT2D eigenvalue weighted by atomic mass is 10.1. The van der Waals surface area contributed by atoms with E-state index in [2.05, 4.69) is 9.97 Å². The van der Waals surface area contributed by atoms with Crippen molar-refractivity contribution < 1.29 is 4.79 Å². The molecule has 1 aliphatic rings. The number of piperidine rings is 1. The van der Waals surface area contributed by atoms with Gasteiger partial charge in [0.25, 0.3) is 0 Å². The van der Waals surface area contributed by atoms with Crippen molar-refractivity contribution in [1.82, 2.24) is 9.97 Å². The van der Waals surface area contributed by atoms with Crippen LogP contribution in [0.3, 0.4) is 0 Å². The van der Waals surface area contributed by atoms with Crippen molar-refractivity contribution in [2.45, 2.75) is 12.8 Å². The van der Waals surface area contributed by atoms with Crippen molar-refractivity contribution in [3.8, 4) is 0 Å². The number of carbonyl (C=O) groups is 1. The second kappa shape index (κ2) is 4.47.